The highest BCUT2D eigenvalue weighted by Crippen LogP contribution is 2.38. The summed E-state index contributed by atoms with van der Waals surface area (Å²) in [4.78, 5) is 5.58. The smallest absolute Gasteiger partial charge is 0.0794 e. The van der Waals surface area contributed by atoms with Gasteiger partial charge in [0.05, 0.1) is 5.51 Å². The van der Waals surface area contributed by atoms with Crippen LogP contribution in [0.3, 0.4) is 0 Å². The van der Waals surface area contributed by atoms with E-state index in [2.05, 4.69) is 41.5 Å². The topological polar surface area (TPSA) is 24.9 Å². The van der Waals surface area contributed by atoms with Gasteiger partial charge in [-0.05, 0) is 36.9 Å². The highest BCUT2D eigenvalue weighted by molar-refractivity contribution is 7.09. The highest BCUT2D eigenvalue weighted by atomic mass is 32.1. The molecule has 100 valence electrons. The predicted octanol–water partition coefficient (Wildman–Crippen LogP) is 3.39. The van der Waals surface area contributed by atoms with Crippen LogP contribution in [0.4, 0.5) is 0 Å². The van der Waals surface area contributed by atoms with Gasteiger partial charge in [-0.3, -0.25) is 4.98 Å². The van der Waals surface area contributed by atoms with Gasteiger partial charge < -0.3 is 5.32 Å². The van der Waals surface area contributed by atoms with Crippen LogP contribution in [-0.4, -0.2) is 17.6 Å². The molecule has 2 unspecified atom stereocenters. The first-order valence-corrected chi connectivity index (χ1v) is 7.95. The zero-order valence-electron chi connectivity index (χ0n) is 11.3. The molecule has 0 saturated heterocycles. The lowest BCUT2D eigenvalue weighted by atomic mass is 9.72. The molecule has 1 aromatic heterocycles. The van der Waals surface area contributed by atoms with Crippen molar-refractivity contribution in [1.29, 1.82) is 0 Å². The molecule has 0 bridgehead atoms. The van der Waals surface area contributed by atoms with Crippen molar-refractivity contribution in [3.05, 3.63) is 52.0 Å². The summed E-state index contributed by atoms with van der Waals surface area (Å²) in [7, 11) is 0. The maximum Gasteiger partial charge on any atom is 0.0794 e. The number of nitrogens with one attached hydrogen (secondary N) is 1. The van der Waals surface area contributed by atoms with Crippen LogP contribution >= 0.6 is 11.3 Å². The van der Waals surface area contributed by atoms with Gasteiger partial charge in [-0.2, -0.15) is 0 Å². The van der Waals surface area contributed by atoms with Crippen molar-refractivity contribution in [2.75, 3.05) is 6.54 Å². The largest absolute Gasteiger partial charge is 0.313 e. The van der Waals surface area contributed by atoms with Crippen molar-refractivity contribution in [3.8, 4) is 0 Å². The van der Waals surface area contributed by atoms with E-state index < -0.39 is 0 Å². The van der Waals surface area contributed by atoms with E-state index in [4.69, 9.17) is 0 Å². The maximum atomic E-state index is 4.19. The average molecular weight is 272 g/mol. The molecule has 0 radical (unpaired) electrons. The lowest BCUT2D eigenvalue weighted by Gasteiger charge is -2.37. The quantitative estimate of drug-likeness (QED) is 0.872. The fraction of sp³-hybridized carbons (Fsp3) is 0.438. The van der Waals surface area contributed by atoms with Crippen molar-refractivity contribution >= 4 is 11.3 Å². The summed E-state index contributed by atoms with van der Waals surface area (Å²) in [6, 6.07) is 9.41. The molecular weight excluding hydrogens is 252 g/mol. The lowest BCUT2D eigenvalue weighted by molar-refractivity contribution is 0.399. The molecule has 0 amide bonds. The molecule has 1 aliphatic carbocycles. The molecule has 2 aromatic rings. The second kappa shape index (κ2) is 5.85. The van der Waals surface area contributed by atoms with Gasteiger partial charge in [0.15, 0.2) is 0 Å². The first kappa shape index (κ1) is 12.8. The SMILES string of the molecule is CCCNC(Cc1cncs1)C1Cc2ccccc21. The molecular formula is C16H20N2S. The third-order valence-electron chi connectivity index (χ3n) is 3.94. The Balaban J connectivity index is 1.73. The summed E-state index contributed by atoms with van der Waals surface area (Å²) < 4.78 is 0. The van der Waals surface area contributed by atoms with Gasteiger partial charge in [-0.25, -0.2) is 0 Å². The van der Waals surface area contributed by atoms with Crippen LogP contribution in [0.5, 0.6) is 0 Å². The molecule has 0 aliphatic heterocycles. The summed E-state index contributed by atoms with van der Waals surface area (Å²) in [5, 5.41) is 3.73. The van der Waals surface area contributed by atoms with Crippen molar-refractivity contribution in [2.45, 2.75) is 38.1 Å². The molecule has 3 heteroatoms. The minimum atomic E-state index is 0.551. The zero-order chi connectivity index (χ0) is 13.1. The molecule has 0 spiro atoms. The Morgan fingerprint density at radius 3 is 3.05 bits per heavy atom. The van der Waals surface area contributed by atoms with Gasteiger partial charge in [0.1, 0.15) is 0 Å². The molecule has 2 atom stereocenters. The van der Waals surface area contributed by atoms with Gasteiger partial charge in [0, 0.05) is 23.0 Å². The number of aromatic nitrogens is 1. The number of rotatable bonds is 6. The van der Waals surface area contributed by atoms with E-state index in [1.807, 2.05) is 11.7 Å². The van der Waals surface area contributed by atoms with Gasteiger partial charge in [-0.15, -0.1) is 11.3 Å². The number of hydrogen-bond donors (Lipinski definition) is 1. The Labute approximate surface area is 118 Å². The van der Waals surface area contributed by atoms with E-state index in [0.29, 0.717) is 12.0 Å². The Bertz CT molecular complexity index is 521. The van der Waals surface area contributed by atoms with E-state index in [-0.39, 0.29) is 0 Å². The number of benzene rings is 1. The minimum Gasteiger partial charge on any atom is -0.313 e. The van der Waals surface area contributed by atoms with Crippen LogP contribution in [0, 0.1) is 0 Å². The Morgan fingerprint density at radius 1 is 1.42 bits per heavy atom. The van der Waals surface area contributed by atoms with E-state index >= 15 is 0 Å². The summed E-state index contributed by atoms with van der Waals surface area (Å²) in [6.07, 6.45) is 5.52. The summed E-state index contributed by atoms with van der Waals surface area (Å²) in [6.45, 7) is 3.33. The first-order chi connectivity index (χ1) is 9.38. The highest BCUT2D eigenvalue weighted by Gasteiger charge is 2.32. The number of thiazole rings is 1. The van der Waals surface area contributed by atoms with Crippen LogP contribution in [0.1, 0.15) is 35.3 Å². The summed E-state index contributed by atoms with van der Waals surface area (Å²) >= 11 is 1.77. The van der Waals surface area contributed by atoms with Gasteiger partial charge in [0.2, 0.25) is 0 Å². The van der Waals surface area contributed by atoms with E-state index in [1.165, 1.54) is 23.3 Å². The van der Waals surface area contributed by atoms with E-state index in [0.717, 1.165) is 13.0 Å². The van der Waals surface area contributed by atoms with Crippen molar-refractivity contribution in [2.24, 2.45) is 0 Å². The van der Waals surface area contributed by atoms with Crippen LogP contribution < -0.4 is 5.32 Å². The number of fused-ring (bicyclic) bond motifs is 1. The molecule has 19 heavy (non-hydrogen) atoms. The monoisotopic (exact) mass is 272 g/mol. The van der Waals surface area contributed by atoms with Crippen LogP contribution in [-0.2, 0) is 12.8 Å². The van der Waals surface area contributed by atoms with Crippen molar-refractivity contribution in [3.63, 3.8) is 0 Å². The van der Waals surface area contributed by atoms with Gasteiger partial charge in [-0.1, -0.05) is 31.2 Å². The van der Waals surface area contributed by atoms with Gasteiger partial charge in [0.25, 0.3) is 0 Å². The molecule has 1 aliphatic rings. The zero-order valence-corrected chi connectivity index (χ0v) is 12.1. The Morgan fingerprint density at radius 2 is 2.32 bits per heavy atom. The minimum absolute atomic E-state index is 0.551. The molecule has 0 saturated carbocycles. The second-order valence-corrected chi connectivity index (χ2v) is 6.21. The van der Waals surface area contributed by atoms with Crippen LogP contribution in [0.25, 0.3) is 0 Å². The van der Waals surface area contributed by atoms with Gasteiger partial charge >= 0.3 is 0 Å². The normalized spacial score (nSPS) is 18.7. The van der Waals surface area contributed by atoms with Crippen molar-refractivity contribution < 1.29 is 0 Å². The number of hydrogen-bond acceptors (Lipinski definition) is 3. The summed E-state index contributed by atoms with van der Waals surface area (Å²) in [5.74, 6) is 0.671. The molecule has 1 heterocycles. The third-order valence-corrected chi connectivity index (χ3v) is 4.74. The second-order valence-electron chi connectivity index (χ2n) is 5.24. The first-order valence-electron chi connectivity index (χ1n) is 7.07. The molecule has 3 rings (SSSR count). The molecule has 1 N–H and O–H groups in total. The van der Waals surface area contributed by atoms with Crippen molar-refractivity contribution in [1.82, 2.24) is 10.3 Å². The predicted molar refractivity (Wildman–Crippen MR) is 80.8 cm³/mol. The maximum absolute atomic E-state index is 4.19. The third kappa shape index (κ3) is 2.72. The Kier molecular flexibility index (Phi) is 3.95. The van der Waals surface area contributed by atoms with E-state index in [1.54, 1.807) is 16.9 Å². The lowest BCUT2D eigenvalue weighted by Crippen LogP contribution is -2.41. The molecule has 2 nitrogen and oxygen atoms in total. The fourth-order valence-electron chi connectivity index (χ4n) is 2.90. The van der Waals surface area contributed by atoms with E-state index in [9.17, 15) is 0 Å². The molecule has 0 fully saturated rings. The fourth-order valence-corrected chi connectivity index (χ4v) is 3.56. The van der Waals surface area contributed by atoms with Crippen LogP contribution in [0.2, 0.25) is 0 Å². The average Bonchev–Trinajstić information content (AvgIpc) is 2.90. The summed E-state index contributed by atoms with van der Waals surface area (Å²) in [5.41, 5.74) is 5.00. The molecule has 1 aromatic carbocycles. The Hall–Kier alpha value is -1.19. The number of nitrogens with zero attached hydrogens (tertiary/aromatic N) is 1. The standard InChI is InChI=1S/C16H20N2S/c1-2-7-18-16(9-13-10-17-11-19-13)15-8-12-5-3-4-6-14(12)15/h3-6,10-11,15-16,18H,2,7-9H2,1H3. The van der Waals surface area contributed by atoms with Crippen LogP contribution in [0.15, 0.2) is 36.0 Å².